The van der Waals surface area contributed by atoms with E-state index in [1.165, 1.54) is 4.90 Å². The number of ether oxygens (including phenoxy) is 2. The summed E-state index contributed by atoms with van der Waals surface area (Å²) in [5.41, 5.74) is 2.96. The molecule has 0 saturated carbocycles. The largest absolute Gasteiger partial charge is 0.497 e. The van der Waals surface area contributed by atoms with Crippen LogP contribution in [0.25, 0.3) is 0 Å². The van der Waals surface area contributed by atoms with Gasteiger partial charge in [0.05, 0.1) is 7.11 Å². The number of nitrogens with zero attached hydrogens (tertiary/aromatic N) is 1. The molecule has 0 radical (unpaired) electrons. The van der Waals surface area contributed by atoms with E-state index < -0.39 is 6.04 Å². The third-order valence-electron chi connectivity index (χ3n) is 4.80. The number of hydrogen-bond donors (Lipinski definition) is 1. The number of hydrogen-bond acceptors (Lipinski definition) is 4. The number of methoxy groups -OCH3 is 1. The summed E-state index contributed by atoms with van der Waals surface area (Å²) in [5, 5.41) is 2.78. The van der Waals surface area contributed by atoms with Crippen molar-refractivity contribution in [3.05, 3.63) is 57.6 Å². The first kappa shape index (κ1) is 23.7. The summed E-state index contributed by atoms with van der Waals surface area (Å²) in [6.07, 6.45) is 0. The summed E-state index contributed by atoms with van der Waals surface area (Å²) in [5.74, 6) is 0.895. The Kier molecular flexibility index (Phi) is 8.72. The highest BCUT2D eigenvalue weighted by Crippen LogP contribution is 2.26. The van der Waals surface area contributed by atoms with Gasteiger partial charge in [-0.2, -0.15) is 0 Å². The minimum Gasteiger partial charge on any atom is -0.497 e. The van der Waals surface area contributed by atoms with Gasteiger partial charge in [0.2, 0.25) is 5.91 Å². The van der Waals surface area contributed by atoms with Gasteiger partial charge in [0.1, 0.15) is 17.5 Å². The molecule has 0 spiro atoms. The van der Waals surface area contributed by atoms with Gasteiger partial charge in [0.15, 0.2) is 6.61 Å². The number of benzene rings is 2. The lowest BCUT2D eigenvalue weighted by molar-refractivity contribution is -0.142. The van der Waals surface area contributed by atoms with Crippen molar-refractivity contribution in [1.29, 1.82) is 0 Å². The zero-order valence-electron chi connectivity index (χ0n) is 18.1. The van der Waals surface area contributed by atoms with E-state index >= 15 is 0 Å². The van der Waals surface area contributed by atoms with Crippen LogP contribution in [0.1, 0.15) is 30.5 Å². The lowest BCUT2D eigenvalue weighted by Crippen LogP contribution is -2.49. The van der Waals surface area contributed by atoms with Crippen LogP contribution in [-0.2, 0) is 16.1 Å². The van der Waals surface area contributed by atoms with Crippen molar-refractivity contribution in [2.24, 2.45) is 0 Å². The molecule has 0 aliphatic heterocycles. The fourth-order valence-electron chi connectivity index (χ4n) is 3.05. The van der Waals surface area contributed by atoms with Crippen molar-refractivity contribution in [3.63, 3.8) is 0 Å². The van der Waals surface area contributed by atoms with Crippen molar-refractivity contribution in [2.45, 2.75) is 40.3 Å². The predicted molar refractivity (Wildman–Crippen MR) is 121 cm³/mol. The van der Waals surface area contributed by atoms with Gasteiger partial charge in [-0.1, -0.05) is 28.1 Å². The van der Waals surface area contributed by atoms with E-state index in [1.54, 1.807) is 14.0 Å². The molecule has 0 aromatic heterocycles. The second kappa shape index (κ2) is 11.0. The van der Waals surface area contributed by atoms with E-state index in [1.807, 2.05) is 57.2 Å². The number of likely N-dealkylation sites (N-methyl/N-ethyl adjacent to an activating group) is 1. The highest BCUT2D eigenvalue weighted by Gasteiger charge is 2.26. The van der Waals surface area contributed by atoms with E-state index in [0.717, 1.165) is 26.9 Å². The van der Waals surface area contributed by atoms with Crippen LogP contribution in [0.15, 0.2) is 40.9 Å². The average Bonchev–Trinajstić information content (AvgIpc) is 2.74. The molecule has 2 rings (SSSR count). The van der Waals surface area contributed by atoms with E-state index in [9.17, 15) is 9.59 Å². The van der Waals surface area contributed by atoms with Gasteiger partial charge < -0.3 is 19.7 Å². The van der Waals surface area contributed by atoms with Crippen molar-refractivity contribution < 1.29 is 19.1 Å². The van der Waals surface area contributed by atoms with Gasteiger partial charge in [-0.15, -0.1) is 0 Å². The maximum atomic E-state index is 13.0. The third kappa shape index (κ3) is 6.23. The molecule has 1 atom stereocenters. The third-order valence-corrected chi connectivity index (χ3v) is 6.05. The number of aryl methyl sites for hydroxylation is 2. The van der Waals surface area contributed by atoms with Gasteiger partial charge in [0.25, 0.3) is 5.91 Å². The first-order chi connectivity index (χ1) is 14.3. The highest BCUT2D eigenvalue weighted by molar-refractivity contribution is 9.10. The molecule has 162 valence electrons. The van der Waals surface area contributed by atoms with Crippen LogP contribution in [0, 0.1) is 13.8 Å². The molecule has 1 N–H and O–H groups in total. The molecule has 2 amide bonds. The summed E-state index contributed by atoms with van der Waals surface area (Å²) in [4.78, 5) is 27.0. The normalized spacial score (nSPS) is 11.5. The second-order valence-electron chi connectivity index (χ2n) is 7.10. The molecule has 30 heavy (non-hydrogen) atoms. The van der Waals surface area contributed by atoms with Gasteiger partial charge in [-0.25, -0.2) is 0 Å². The van der Waals surface area contributed by atoms with Gasteiger partial charge in [-0.05, 0) is 68.7 Å². The molecule has 6 nitrogen and oxygen atoms in total. The summed E-state index contributed by atoms with van der Waals surface area (Å²) in [6.45, 7) is 8.16. The molecule has 0 saturated heterocycles. The molecule has 0 fully saturated rings. The van der Waals surface area contributed by atoms with Crippen LogP contribution in [0.3, 0.4) is 0 Å². The minimum absolute atomic E-state index is 0.152. The quantitative estimate of drug-likeness (QED) is 0.593. The van der Waals surface area contributed by atoms with E-state index in [-0.39, 0.29) is 18.4 Å². The zero-order valence-corrected chi connectivity index (χ0v) is 19.7. The fourth-order valence-corrected chi connectivity index (χ4v) is 3.28. The van der Waals surface area contributed by atoms with Gasteiger partial charge >= 0.3 is 0 Å². The molecular formula is C23H29BrN2O4. The zero-order chi connectivity index (χ0) is 22.3. The number of carbonyl (C=O) groups excluding carboxylic acids is 2. The summed E-state index contributed by atoms with van der Waals surface area (Å²) in [7, 11) is 1.60. The van der Waals surface area contributed by atoms with Crippen molar-refractivity contribution in [2.75, 3.05) is 20.3 Å². The Morgan fingerprint density at radius 2 is 1.70 bits per heavy atom. The number of halogens is 1. The van der Waals surface area contributed by atoms with Gasteiger partial charge in [-0.3, -0.25) is 9.59 Å². The molecule has 2 aromatic carbocycles. The number of rotatable bonds is 9. The van der Waals surface area contributed by atoms with E-state index in [2.05, 4.69) is 21.2 Å². The average molecular weight is 477 g/mol. The lowest BCUT2D eigenvalue weighted by Gasteiger charge is -2.28. The monoisotopic (exact) mass is 476 g/mol. The lowest BCUT2D eigenvalue weighted by atomic mass is 10.1. The first-order valence-electron chi connectivity index (χ1n) is 9.86. The Bertz CT molecular complexity index is 860. The molecule has 0 aliphatic carbocycles. The van der Waals surface area contributed by atoms with Crippen LogP contribution in [0.2, 0.25) is 0 Å². The fraction of sp³-hybridized carbons (Fsp3) is 0.391. The number of nitrogens with one attached hydrogen (secondary N) is 1. The molecule has 7 heteroatoms. The van der Waals surface area contributed by atoms with Crippen LogP contribution < -0.4 is 14.8 Å². The topological polar surface area (TPSA) is 67.9 Å². The Hall–Kier alpha value is -2.54. The SMILES string of the molecule is CCNC(=O)[C@@H](C)N(Cc1ccc(OC)cc1)C(=O)COc1cc(C)c(Br)c(C)c1. The molecular weight excluding hydrogens is 448 g/mol. The highest BCUT2D eigenvalue weighted by atomic mass is 79.9. The smallest absolute Gasteiger partial charge is 0.261 e. The summed E-state index contributed by atoms with van der Waals surface area (Å²) in [6, 6.07) is 10.6. The van der Waals surface area contributed by atoms with Crippen molar-refractivity contribution >= 4 is 27.7 Å². The van der Waals surface area contributed by atoms with Crippen molar-refractivity contribution in [1.82, 2.24) is 10.2 Å². The summed E-state index contributed by atoms with van der Waals surface area (Å²) >= 11 is 3.53. The second-order valence-corrected chi connectivity index (χ2v) is 7.89. The van der Waals surface area contributed by atoms with E-state index in [4.69, 9.17) is 9.47 Å². The van der Waals surface area contributed by atoms with Crippen LogP contribution in [0.4, 0.5) is 0 Å². The Balaban J connectivity index is 2.17. The molecule has 0 unspecified atom stereocenters. The van der Waals surface area contributed by atoms with Gasteiger partial charge in [0, 0.05) is 17.6 Å². The molecule has 0 aliphatic rings. The predicted octanol–water partition coefficient (Wildman–Crippen LogP) is 4.01. The Morgan fingerprint density at radius 3 is 2.23 bits per heavy atom. The minimum atomic E-state index is -0.628. The summed E-state index contributed by atoms with van der Waals surface area (Å²) < 4.78 is 12.0. The maximum absolute atomic E-state index is 13.0. The van der Waals surface area contributed by atoms with Crippen LogP contribution >= 0.6 is 15.9 Å². The van der Waals surface area contributed by atoms with E-state index in [0.29, 0.717) is 18.8 Å². The van der Waals surface area contributed by atoms with Crippen molar-refractivity contribution in [3.8, 4) is 11.5 Å². The standard InChI is InChI=1S/C23H29BrN2O4/c1-6-25-23(28)17(4)26(13-18-7-9-19(29-5)10-8-18)21(27)14-30-20-11-15(2)22(24)16(3)12-20/h7-12,17H,6,13-14H2,1-5H3,(H,25,28)/t17-/m1/s1. The molecule has 2 aromatic rings. The Morgan fingerprint density at radius 1 is 1.10 bits per heavy atom. The van der Waals surface area contributed by atoms with Crippen LogP contribution in [-0.4, -0.2) is 43.0 Å². The Labute approximate surface area is 186 Å². The maximum Gasteiger partial charge on any atom is 0.261 e. The first-order valence-corrected chi connectivity index (χ1v) is 10.7. The number of carbonyl (C=O) groups is 2. The van der Waals surface area contributed by atoms with Crippen LogP contribution in [0.5, 0.6) is 11.5 Å². The molecule has 0 bridgehead atoms. The molecule has 0 heterocycles. The number of amides is 2.